The molecule has 1 aromatic carbocycles. The number of hydrogen-bond donors (Lipinski definition) is 0. The predicted molar refractivity (Wildman–Crippen MR) is 81.8 cm³/mol. The molecule has 0 amide bonds. The Morgan fingerprint density at radius 1 is 1.05 bits per heavy atom. The molecular formula is C16H24O4S. The van der Waals surface area contributed by atoms with Gasteiger partial charge in [-0.15, -0.1) is 0 Å². The van der Waals surface area contributed by atoms with Crippen LogP contribution in [0.1, 0.15) is 44.1 Å². The summed E-state index contributed by atoms with van der Waals surface area (Å²) < 4.78 is 34.7. The summed E-state index contributed by atoms with van der Waals surface area (Å²) >= 11 is 0. The zero-order chi connectivity index (χ0) is 15.1. The van der Waals surface area contributed by atoms with E-state index in [9.17, 15) is 8.42 Å². The summed E-state index contributed by atoms with van der Waals surface area (Å²) in [6, 6.07) is 6.68. The summed E-state index contributed by atoms with van der Waals surface area (Å²) in [5.41, 5.74) is 1.02. The SMILES string of the molecule is Cc1ccc(S(=O)(=O)OCCCOC2CCCCC2)cc1. The fourth-order valence-corrected chi connectivity index (χ4v) is 3.43. The maximum atomic E-state index is 11.9. The molecule has 0 spiro atoms. The minimum Gasteiger partial charge on any atom is -0.378 e. The number of ether oxygens (including phenoxy) is 1. The second kappa shape index (κ2) is 7.92. The third kappa shape index (κ3) is 5.41. The first-order valence-electron chi connectivity index (χ1n) is 7.66. The molecular weight excluding hydrogens is 288 g/mol. The minimum atomic E-state index is -3.64. The smallest absolute Gasteiger partial charge is 0.296 e. The molecule has 0 saturated heterocycles. The molecule has 2 rings (SSSR count). The van der Waals surface area contributed by atoms with E-state index in [0.29, 0.717) is 19.1 Å². The van der Waals surface area contributed by atoms with Gasteiger partial charge in [0.25, 0.3) is 10.1 Å². The quantitative estimate of drug-likeness (QED) is 0.571. The lowest BCUT2D eigenvalue weighted by molar-refractivity contribution is 0.0229. The standard InChI is InChI=1S/C16H24O4S/c1-14-8-10-16(11-9-14)21(17,18)20-13-5-12-19-15-6-3-2-4-7-15/h8-11,15H,2-7,12-13H2,1H3. The van der Waals surface area contributed by atoms with Crippen molar-refractivity contribution >= 4 is 10.1 Å². The van der Waals surface area contributed by atoms with Gasteiger partial charge < -0.3 is 4.74 Å². The van der Waals surface area contributed by atoms with E-state index in [4.69, 9.17) is 8.92 Å². The third-order valence-electron chi connectivity index (χ3n) is 3.74. The second-order valence-corrected chi connectivity index (χ2v) is 7.19. The van der Waals surface area contributed by atoms with Gasteiger partial charge in [0.05, 0.1) is 17.6 Å². The Bertz CT molecular complexity index is 516. The van der Waals surface area contributed by atoms with Gasteiger partial charge in [-0.3, -0.25) is 4.18 Å². The second-order valence-electron chi connectivity index (χ2n) is 5.57. The largest absolute Gasteiger partial charge is 0.378 e. The summed E-state index contributed by atoms with van der Waals surface area (Å²) in [7, 11) is -3.64. The topological polar surface area (TPSA) is 52.6 Å². The first-order chi connectivity index (χ1) is 10.1. The minimum absolute atomic E-state index is 0.170. The molecule has 21 heavy (non-hydrogen) atoms. The van der Waals surface area contributed by atoms with Crippen LogP contribution in [0.5, 0.6) is 0 Å². The fourth-order valence-electron chi connectivity index (χ4n) is 2.48. The molecule has 0 heterocycles. The molecule has 1 saturated carbocycles. The van der Waals surface area contributed by atoms with Gasteiger partial charge in [-0.2, -0.15) is 8.42 Å². The Morgan fingerprint density at radius 2 is 1.71 bits per heavy atom. The van der Waals surface area contributed by atoms with Crippen LogP contribution in [0.15, 0.2) is 29.2 Å². The van der Waals surface area contributed by atoms with Gasteiger partial charge in [0, 0.05) is 6.61 Å². The molecule has 1 fully saturated rings. The summed E-state index contributed by atoms with van der Waals surface area (Å²) in [5, 5.41) is 0. The van der Waals surface area contributed by atoms with Crippen LogP contribution in [0.2, 0.25) is 0 Å². The molecule has 0 atom stereocenters. The zero-order valence-electron chi connectivity index (χ0n) is 12.6. The van der Waals surface area contributed by atoms with Gasteiger partial charge in [-0.05, 0) is 38.3 Å². The van der Waals surface area contributed by atoms with Gasteiger partial charge in [-0.25, -0.2) is 0 Å². The van der Waals surface area contributed by atoms with Crippen LogP contribution in [0.3, 0.4) is 0 Å². The molecule has 0 aromatic heterocycles. The van der Waals surface area contributed by atoms with Crippen molar-refractivity contribution in [2.45, 2.75) is 56.4 Å². The van der Waals surface area contributed by atoms with Crippen LogP contribution >= 0.6 is 0 Å². The Balaban J connectivity index is 1.68. The van der Waals surface area contributed by atoms with Gasteiger partial charge in [0.15, 0.2) is 0 Å². The van der Waals surface area contributed by atoms with Crippen LogP contribution in [0, 0.1) is 6.92 Å². The molecule has 0 N–H and O–H groups in total. The molecule has 4 nitrogen and oxygen atoms in total. The van der Waals surface area contributed by atoms with Crippen LogP contribution in [-0.2, 0) is 19.0 Å². The van der Waals surface area contributed by atoms with Gasteiger partial charge in [-0.1, -0.05) is 37.0 Å². The van der Waals surface area contributed by atoms with Gasteiger partial charge in [0.2, 0.25) is 0 Å². The van der Waals surface area contributed by atoms with Crippen molar-refractivity contribution in [2.24, 2.45) is 0 Å². The fraction of sp³-hybridized carbons (Fsp3) is 0.625. The molecule has 1 aliphatic carbocycles. The van der Waals surface area contributed by atoms with Crippen molar-refractivity contribution in [3.05, 3.63) is 29.8 Å². The van der Waals surface area contributed by atoms with E-state index >= 15 is 0 Å². The average Bonchev–Trinajstić information content (AvgIpc) is 2.48. The van der Waals surface area contributed by atoms with E-state index in [2.05, 4.69) is 0 Å². The summed E-state index contributed by atoms with van der Waals surface area (Å²) in [6.45, 7) is 2.65. The van der Waals surface area contributed by atoms with E-state index in [-0.39, 0.29) is 11.5 Å². The van der Waals surface area contributed by atoms with E-state index in [1.54, 1.807) is 24.3 Å². The first-order valence-corrected chi connectivity index (χ1v) is 9.06. The Labute approximate surface area is 127 Å². The lowest BCUT2D eigenvalue weighted by atomic mass is 9.98. The van der Waals surface area contributed by atoms with Crippen molar-refractivity contribution in [1.82, 2.24) is 0 Å². The molecule has 0 unspecified atom stereocenters. The van der Waals surface area contributed by atoms with E-state index in [0.717, 1.165) is 18.4 Å². The van der Waals surface area contributed by atoms with Crippen LogP contribution in [0.25, 0.3) is 0 Å². The average molecular weight is 312 g/mol. The van der Waals surface area contributed by atoms with Crippen LogP contribution < -0.4 is 0 Å². The summed E-state index contributed by atoms with van der Waals surface area (Å²) in [4.78, 5) is 0.210. The molecule has 1 aliphatic rings. The van der Waals surface area contributed by atoms with E-state index in [1.165, 1.54) is 19.3 Å². The predicted octanol–water partition coefficient (Wildman–Crippen LogP) is 3.44. The van der Waals surface area contributed by atoms with Crippen LogP contribution in [0.4, 0.5) is 0 Å². The summed E-state index contributed by atoms with van der Waals surface area (Å²) in [6.07, 6.45) is 6.99. The molecule has 1 aromatic rings. The Morgan fingerprint density at radius 3 is 2.38 bits per heavy atom. The monoisotopic (exact) mass is 312 g/mol. The van der Waals surface area contributed by atoms with E-state index < -0.39 is 10.1 Å². The maximum Gasteiger partial charge on any atom is 0.296 e. The molecule has 5 heteroatoms. The maximum absolute atomic E-state index is 11.9. The lowest BCUT2D eigenvalue weighted by Gasteiger charge is -2.21. The Kier molecular flexibility index (Phi) is 6.21. The molecule has 118 valence electrons. The molecule has 0 bridgehead atoms. The summed E-state index contributed by atoms with van der Waals surface area (Å²) in [5.74, 6) is 0. The van der Waals surface area contributed by atoms with Crippen molar-refractivity contribution in [3.8, 4) is 0 Å². The molecule has 0 radical (unpaired) electrons. The highest BCUT2D eigenvalue weighted by molar-refractivity contribution is 7.86. The lowest BCUT2D eigenvalue weighted by Crippen LogP contribution is -2.18. The van der Waals surface area contributed by atoms with Crippen molar-refractivity contribution in [1.29, 1.82) is 0 Å². The zero-order valence-corrected chi connectivity index (χ0v) is 13.4. The van der Waals surface area contributed by atoms with Gasteiger partial charge >= 0.3 is 0 Å². The number of hydrogen-bond acceptors (Lipinski definition) is 4. The van der Waals surface area contributed by atoms with E-state index in [1.807, 2.05) is 6.92 Å². The highest BCUT2D eigenvalue weighted by Gasteiger charge is 2.15. The van der Waals surface area contributed by atoms with Crippen molar-refractivity contribution in [2.75, 3.05) is 13.2 Å². The van der Waals surface area contributed by atoms with Crippen molar-refractivity contribution in [3.63, 3.8) is 0 Å². The number of aryl methyl sites for hydroxylation is 1. The number of benzene rings is 1. The van der Waals surface area contributed by atoms with Gasteiger partial charge in [0.1, 0.15) is 0 Å². The Hall–Kier alpha value is -0.910. The normalized spacial score (nSPS) is 17.0. The third-order valence-corrected chi connectivity index (χ3v) is 5.07. The van der Waals surface area contributed by atoms with Crippen molar-refractivity contribution < 1.29 is 17.3 Å². The highest BCUT2D eigenvalue weighted by atomic mass is 32.2. The van der Waals surface area contributed by atoms with Crippen LogP contribution in [-0.4, -0.2) is 27.7 Å². The highest BCUT2D eigenvalue weighted by Crippen LogP contribution is 2.20. The first kappa shape index (κ1) is 16.5. The molecule has 0 aliphatic heterocycles. The number of rotatable bonds is 7.